The molecule has 0 bridgehead atoms. The molecule has 2 aromatic rings. The number of phenols is 1. The fourth-order valence-corrected chi connectivity index (χ4v) is 4.89. The predicted octanol–water partition coefficient (Wildman–Crippen LogP) is 5.65. The molecule has 3 rings (SSSR count). The Morgan fingerprint density at radius 3 is 2.16 bits per heavy atom. The molecule has 2 nitrogen and oxygen atoms in total. The third kappa shape index (κ3) is 1.95. The van der Waals surface area contributed by atoms with E-state index < -0.39 is 0 Å². The summed E-state index contributed by atoms with van der Waals surface area (Å²) < 4.78 is 2.59. The van der Waals surface area contributed by atoms with Crippen molar-refractivity contribution in [3.05, 3.63) is 47.2 Å². The molecule has 0 fully saturated rings. The van der Waals surface area contributed by atoms with Gasteiger partial charge in [0.05, 0.1) is 8.95 Å². The van der Waals surface area contributed by atoms with Crippen LogP contribution in [0.25, 0.3) is 11.1 Å². The Balaban J connectivity index is 2.45. The van der Waals surface area contributed by atoms with Gasteiger partial charge in [-0.2, -0.15) is 0 Å². The number of rotatable bonds is 0. The van der Waals surface area contributed by atoms with E-state index in [-0.39, 0.29) is 11.5 Å². The van der Waals surface area contributed by atoms with E-state index in [0.29, 0.717) is 20.1 Å². The molecule has 0 aliphatic heterocycles. The fourth-order valence-electron chi connectivity index (χ4n) is 2.18. The molecular formula is C13H4Br4O2. The number of phenolic OH excluding ortho intramolecular Hbond substituents is 1. The number of halogens is 4. The maximum absolute atomic E-state index is 12.5. The number of benzene rings is 2. The van der Waals surface area contributed by atoms with E-state index in [0.717, 1.165) is 20.1 Å². The lowest BCUT2D eigenvalue weighted by Crippen LogP contribution is -1.98. The van der Waals surface area contributed by atoms with Crippen molar-refractivity contribution in [2.45, 2.75) is 0 Å². The Bertz CT molecular complexity index is 753. The van der Waals surface area contributed by atoms with Crippen LogP contribution < -0.4 is 0 Å². The van der Waals surface area contributed by atoms with Gasteiger partial charge in [0.1, 0.15) is 5.75 Å². The van der Waals surface area contributed by atoms with Crippen LogP contribution in [0, 0.1) is 0 Å². The summed E-state index contributed by atoms with van der Waals surface area (Å²) in [5, 5.41) is 9.92. The molecule has 2 aromatic carbocycles. The highest BCUT2D eigenvalue weighted by Crippen LogP contribution is 2.49. The molecule has 96 valence electrons. The lowest BCUT2D eigenvalue weighted by Gasteiger charge is -2.06. The zero-order valence-corrected chi connectivity index (χ0v) is 15.4. The van der Waals surface area contributed by atoms with Gasteiger partial charge in [-0.3, -0.25) is 4.79 Å². The van der Waals surface area contributed by atoms with Crippen LogP contribution in [-0.2, 0) is 0 Å². The van der Waals surface area contributed by atoms with Crippen molar-refractivity contribution in [1.82, 2.24) is 0 Å². The fraction of sp³-hybridized carbons (Fsp3) is 0. The van der Waals surface area contributed by atoms with Crippen LogP contribution in [0.4, 0.5) is 0 Å². The van der Waals surface area contributed by atoms with Crippen LogP contribution in [0.2, 0.25) is 0 Å². The van der Waals surface area contributed by atoms with Gasteiger partial charge in [0, 0.05) is 20.1 Å². The molecule has 0 atom stereocenters. The highest BCUT2D eigenvalue weighted by atomic mass is 79.9. The Kier molecular flexibility index (Phi) is 3.40. The Morgan fingerprint density at radius 1 is 0.842 bits per heavy atom. The second kappa shape index (κ2) is 4.69. The summed E-state index contributed by atoms with van der Waals surface area (Å²) in [6.07, 6.45) is 0. The number of hydrogen-bond acceptors (Lipinski definition) is 2. The minimum absolute atomic E-state index is 0.0371. The van der Waals surface area contributed by atoms with Crippen LogP contribution in [-0.4, -0.2) is 10.9 Å². The lowest BCUT2D eigenvalue weighted by atomic mass is 10.1. The molecule has 19 heavy (non-hydrogen) atoms. The zero-order valence-electron chi connectivity index (χ0n) is 9.10. The molecule has 0 saturated carbocycles. The molecule has 0 radical (unpaired) electrons. The van der Waals surface area contributed by atoms with E-state index in [2.05, 4.69) is 63.7 Å². The number of hydrogen-bond donors (Lipinski definition) is 1. The maximum atomic E-state index is 12.5. The standard InChI is InChI=1S/C13H4Br4O2/c14-4-1-5-6-3-8(16)12(18)11(17)10(6)13(19)9(5)7(15)2-4/h1-3,18H. The molecule has 1 aliphatic rings. The minimum atomic E-state index is -0.0981. The third-order valence-electron chi connectivity index (χ3n) is 2.99. The smallest absolute Gasteiger partial charge is 0.196 e. The van der Waals surface area contributed by atoms with Crippen LogP contribution in [0.3, 0.4) is 0 Å². The van der Waals surface area contributed by atoms with E-state index in [1.807, 2.05) is 12.1 Å². The summed E-state index contributed by atoms with van der Waals surface area (Å²) in [6, 6.07) is 5.50. The molecule has 0 amide bonds. The van der Waals surface area contributed by atoms with Gasteiger partial charge in [0.25, 0.3) is 0 Å². The SMILES string of the molecule is O=C1c2c(Br)cc(Br)cc2-c2cc(Br)c(O)c(Br)c21. The van der Waals surface area contributed by atoms with Crippen LogP contribution in [0.15, 0.2) is 36.1 Å². The van der Waals surface area contributed by atoms with Gasteiger partial charge in [-0.25, -0.2) is 0 Å². The maximum Gasteiger partial charge on any atom is 0.196 e. The van der Waals surface area contributed by atoms with Crippen LogP contribution >= 0.6 is 63.7 Å². The average molecular weight is 512 g/mol. The highest BCUT2D eigenvalue weighted by molar-refractivity contribution is 9.11. The predicted molar refractivity (Wildman–Crippen MR) is 87.8 cm³/mol. The largest absolute Gasteiger partial charge is 0.506 e. The summed E-state index contributed by atoms with van der Waals surface area (Å²) >= 11 is 13.4. The van der Waals surface area contributed by atoms with Gasteiger partial charge in [-0.15, -0.1) is 0 Å². The summed E-state index contributed by atoms with van der Waals surface area (Å²) in [5.41, 5.74) is 2.77. The monoisotopic (exact) mass is 508 g/mol. The van der Waals surface area contributed by atoms with E-state index in [1.54, 1.807) is 6.07 Å². The van der Waals surface area contributed by atoms with Gasteiger partial charge < -0.3 is 5.11 Å². The van der Waals surface area contributed by atoms with Crippen molar-refractivity contribution >= 4 is 69.5 Å². The highest BCUT2D eigenvalue weighted by Gasteiger charge is 2.33. The van der Waals surface area contributed by atoms with E-state index in [1.165, 1.54) is 0 Å². The third-order valence-corrected chi connectivity index (χ3v) is 5.45. The van der Waals surface area contributed by atoms with Crippen molar-refractivity contribution in [3.63, 3.8) is 0 Å². The van der Waals surface area contributed by atoms with Crippen LogP contribution in [0.1, 0.15) is 15.9 Å². The molecule has 0 spiro atoms. The molecule has 0 saturated heterocycles. The molecule has 0 aromatic heterocycles. The first-order valence-electron chi connectivity index (χ1n) is 5.17. The molecule has 1 N–H and O–H groups in total. The molecule has 0 unspecified atom stereocenters. The summed E-state index contributed by atoms with van der Waals surface area (Å²) in [6.45, 7) is 0. The number of fused-ring (bicyclic) bond motifs is 3. The van der Waals surface area contributed by atoms with Crippen molar-refractivity contribution < 1.29 is 9.90 Å². The second-order valence-electron chi connectivity index (χ2n) is 4.08. The Morgan fingerprint density at radius 2 is 1.47 bits per heavy atom. The van der Waals surface area contributed by atoms with Gasteiger partial charge in [-0.05, 0) is 77.1 Å². The Labute approximate surface area is 142 Å². The number of ketones is 1. The van der Waals surface area contributed by atoms with Crippen LogP contribution in [0.5, 0.6) is 5.75 Å². The summed E-state index contributed by atoms with van der Waals surface area (Å²) in [4.78, 5) is 12.5. The summed E-state index contributed by atoms with van der Waals surface area (Å²) in [7, 11) is 0. The number of aromatic hydroxyl groups is 1. The van der Waals surface area contributed by atoms with Gasteiger partial charge in [-0.1, -0.05) is 15.9 Å². The topological polar surface area (TPSA) is 37.3 Å². The molecule has 6 heteroatoms. The van der Waals surface area contributed by atoms with E-state index in [9.17, 15) is 9.90 Å². The van der Waals surface area contributed by atoms with Gasteiger partial charge in [0.15, 0.2) is 5.78 Å². The van der Waals surface area contributed by atoms with Crippen molar-refractivity contribution in [2.75, 3.05) is 0 Å². The number of carbonyl (C=O) groups excluding carboxylic acids is 1. The van der Waals surface area contributed by atoms with Crippen molar-refractivity contribution in [2.24, 2.45) is 0 Å². The number of carbonyl (C=O) groups is 1. The van der Waals surface area contributed by atoms with E-state index >= 15 is 0 Å². The van der Waals surface area contributed by atoms with Crippen molar-refractivity contribution in [3.8, 4) is 16.9 Å². The first-order valence-corrected chi connectivity index (χ1v) is 8.34. The normalized spacial score (nSPS) is 12.5. The molecule has 1 aliphatic carbocycles. The Hall–Kier alpha value is -0.170. The second-order valence-corrected chi connectivity index (χ2v) is 7.50. The van der Waals surface area contributed by atoms with E-state index in [4.69, 9.17) is 0 Å². The summed E-state index contributed by atoms with van der Waals surface area (Å²) in [5.74, 6) is -0.0610. The first-order chi connectivity index (χ1) is 8.91. The zero-order chi connectivity index (χ0) is 13.9. The first kappa shape index (κ1) is 13.8. The van der Waals surface area contributed by atoms with Gasteiger partial charge in [0.2, 0.25) is 0 Å². The quantitative estimate of drug-likeness (QED) is 0.423. The van der Waals surface area contributed by atoms with Crippen molar-refractivity contribution in [1.29, 1.82) is 0 Å². The molecule has 0 heterocycles. The minimum Gasteiger partial charge on any atom is -0.506 e. The lowest BCUT2D eigenvalue weighted by molar-refractivity contribution is 0.104. The molecular weight excluding hydrogens is 508 g/mol. The van der Waals surface area contributed by atoms with Gasteiger partial charge >= 0.3 is 0 Å². The average Bonchev–Trinajstić information content (AvgIpc) is 2.60.